The maximum absolute atomic E-state index is 12.8. The Morgan fingerprint density at radius 2 is 2.00 bits per heavy atom. The van der Waals surface area contributed by atoms with Crippen molar-refractivity contribution in [2.75, 3.05) is 23.7 Å². The van der Waals surface area contributed by atoms with Gasteiger partial charge < -0.3 is 10.0 Å². The fraction of sp³-hybridized carbons (Fsp3) is 0.529. The minimum atomic E-state index is -3.34. The molecule has 0 saturated carbocycles. The molecule has 2 aliphatic rings. The van der Waals surface area contributed by atoms with Crippen LogP contribution in [0.3, 0.4) is 0 Å². The van der Waals surface area contributed by atoms with Gasteiger partial charge in [-0.1, -0.05) is 0 Å². The second-order valence-corrected chi connectivity index (χ2v) is 8.58. The van der Waals surface area contributed by atoms with Gasteiger partial charge in [-0.3, -0.25) is 13.9 Å². The Balaban J connectivity index is 1.87. The van der Waals surface area contributed by atoms with E-state index in [1.54, 1.807) is 23.1 Å². The third kappa shape index (κ3) is 3.63. The van der Waals surface area contributed by atoms with E-state index in [-0.39, 0.29) is 18.4 Å². The molecule has 0 radical (unpaired) electrons. The first-order chi connectivity index (χ1) is 11.8. The van der Waals surface area contributed by atoms with Gasteiger partial charge >= 0.3 is 5.97 Å². The molecule has 1 N–H and O–H groups in total. The fourth-order valence-corrected chi connectivity index (χ4v) is 4.72. The first-order valence-corrected chi connectivity index (χ1v) is 10.3. The van der Waals surface area contributed by atoms with Crippen molar-refractivity contribution in [1.29, 1.82) is 0 Å². The van der Waals surface area contributed by atoms with Crippen LogP contribution in [0.1, 0.15) is 41.6 Å². The number of hydrogen-bond donors (Lipinski definition) is 1. The highest BCUT2D eigenvalue weighted by atomic mass is 32.2. The number of amides is 1. The molecule has 7 nitrogen and oxygen atoms in total. The molecule has 0 aromatic heterocycles. The van der Waals surface area contributed by atoms with Crippen LogP contribution in [-0.2, 0) is 21.2 Å². The standard InChI is InChI=1S/C17H22N2O5S/c1-25(23,24)19-9-2-4-12-10-13(6-7-15(12)19)17(22)18-8-3-5-14(18)11-16(20)21/h6-7,10,14H,2-5,8-9,11H2,1H3,(H,20,21). The largest absolute Gasteiger partial charge is 0.481 e. The Hall–Kier alpha value is -2.09. The van der Waals surface area contributed by atoms with Crippen molar-refractivity contribution in [2.24, 2.45) is 0 Å². The molecule has 1 aromatic rings. The monoisotopic (exact) mass is 366 g/mol. The van der Waals surface area contributed by atoms with Crippen molar-refractivity contribution >= 4 is 27.6 Å². The summed E-state index contributed by atoms with van der Waals surface area (Å²) in [6, 6.07) is 4.81. The summed E-state index contributed by atoms with van der Waals surface area (Å²) >= 11 is 0. The number of rotatable bonds is 4. The maximum atomic E-state index is 12.8. The van der Waals surface area contributed by atoms with Crippen molar-refractivity contribution in [3.63, 3.8) is 0 Å². The molecule has 3 rings (SSSR count). The first kappa shape index (κ1) is 17.7. The van der Waals surface area contributed by atoms with Gasteiger partial charge in [-0.05, 0) is 49.4 Å². The van der Waals surface area contributed by atoms with Crippen LogP contribution in [0.4, 0.5) is 5.69 Å². The number of benzene rings is 1. The molecule has 1 aromatic carbocycles. The average Bonchev–Trinajstić information content (AvgIpc) is 2.99. The Kier molecular flexibility index (Phi) is 4.73. The molecule has 2 heterocycles. The van der Waals surface area contributed by atoms with Crippen molar-refractivity contribution in [3.05, 3.63) is 29.3 Å². The summed E-state index contributed by atoms with van der Waals surface area (Å²) in [5, 5.41) is 9.01. The van der Waals surface area contributed by atoms with Gasteiger partial charge in [-0.2, -0.15) is 0 Å². The normalized spacial score (nSPS) is 20.4. The van der Waals surface area contributed by atoms with E-state index >= 15 is 0 Å². The summed E-state index contributed by atoms with van der Waals surface area (Å²) in [5.41, 5.74) is 1.97. The lowest BCUT2D eigenvalue weighted by atomic mass is 10.00. The van der Waals surface area contributed by atoms with E-state index in [0.29, 0.717) is 37.2 Å². The Labute approximate surface area is 147 Å². The summed E-state index contributed by atoms with van der Waals surface area (Å²) < 4.78 is 25.2. The second-order valence-electron chi connectivity index (χ2n) is 6.67. The smallest absolute Gasteiger partial charge is 0.305 e. The molecule has 0 bridgehead atoms. The van der Waals surface area contributed by atoms with Gasteiger partial charge in [0, 0.05) is 24.7 Å². The molecular formula is C17H22N2O5S. The lowest BCUT2D eigenvalue weighted by molar-refractivity contribution is -0.137. The number of carbonyl (C=O) groups excluding carboxylic acids is 1. The predicted molar refractivity (Wildman–Crippen MR) is 93.3 cm³/mol. The molecule has 0 spiro atoms. The van der Waals surface area contributed by atoms with Gasteiger partial charge in [0.05, 0.1) is 18.4 Å². The summed E-state index contributed by atoms with van der Waals surface area (Å²) in [7, 11) is -3.34. The van der Waals surface area contributed by atoms with Crippen molar-refractivity contribution in [2.45, 2.75) is 38.1 Å². The predicted octanol–water partition coefficient (Wildman–Crippen LogP) is 1.48. The summed E-state index contributed by atoms with van der Waals surface area (Å²) in [6.45, 7) is 1.01. The number of carboxylic acids is 1. The second kappa shape index (κ2) is 6.67. The third-order valence-corrected chi connectivity index (χ3v) is 6.03. The topological polar surface area (TPSA) is 95.0 Å². The van der Waals surface area contributed by atoms with Crippen molar-refractivity contribution < 1.29 is 23.1 Å². The van der Waals surface area contributed by atoms with E-state index in [1.165, 1.54) is 10.6 Å². The van der Waals surface area contributed by atoms with Crippen LogP contribution < -0.4 is 4.31 Å². The molecule has 1 amide bonds. The SMILES string of the molecule is CS(=O)(=O)N1CCCc2cc(C(=O)N3CCCC3CC(=O)O)ccc21. The number of nitrogens with zero attached hydrogens (tertiary/aromatic N) is 2. The van der Waals surface area contributed by atoms with Crippen molar-refractivity contribution in [3.8, 4) is 0 Å². The van der Waals surface area contributed by atoms with Gasteiger partial charge in [0.2, 0.25) is 10.0 Å². The third-order valence-electron chi connectivity index (χ3n) is 4.85. The van der Waals surface area contributed by atoms with E-state index in [9.17, 15) is 18.0 Å². The van der Waals surface area contributed by atoms with Gasteiger partial charge in [-0.15, -0.1) is 0 Å². The fourth-order valence-electron chi connectivity index (χ4n) is 3.72. The molecule has 1 saturated heterocycles. The lowest BCUT2D eigenvalue weighted by Gasteiger charge is -2.30. The number of anilines is 1. The summed E-state index contributed by atoms with van der Waals surface area (Å²) in [4.78, 5) is 25.4. The molecule has 8 heteroatoms. The molecule has 136 valence electrons. The van der Waals surface area contributed by atoms with Gasteiger partial charge in [0.15, 0.2) is 0 Å². The Morgan fingerprint density at radius 1 is 1.24 bits per heavy atom. The average molecular weight is 366 g/mol. The van der Waals surface area contributed by atoms with Crippen LogP contribution in [-0.4, -0.2) is 55.7 Å². The molecule has 1 atom stereocenters. The minimum Gasteiger partial charge on any atom is -0.481 e. The lowest BCUT2D eigenvalue weighted by Crippen LogP contribution is -2.37. The highest BCUT2D eigenvalue weighted by molar-refractivity contribution is 7.92. The van der Waals surface area contributed by atoms with Crippen LogP contribution >= 0.6 is 0 Å². The zero-order chi connectivity index (χ0) is 18.2. The molecule has 0 aliphatic carbocycles. The van der Waals surface area contributed by atoms with Crippen LogP contribution in [0.15, 0.2) is 18.2 Å². The van der Waals surface area contributed by atoms with E-state index in [1.807, 2.05) is 0 Å². The number of hydrogen-bond acceptors (Lipinski definition) is 4. The van der Waals surface area contributed by atoms with E-state index in [0.717, 1.165) is 18.4 Å². The van der Waals surface area contributed by atoms with Gasteiger partial charge in [0.25, 0.3) is 5.91 Å². The molecule has 25 heavy (non-hydrogen) atoms. The Bertz CT molecular complexity index is 805. The maximum Gasteiger partial charge on any atom is 0.305 e. The van der Waals surface area contributed by atoms with Gasteiger partial charge in [0.1, 0.15) is 0 Å². The van der Waals surface area contributed by atoms with Crippen LogP contribution in [0, 0.1) is 0 Å². The van der Waals surface area contributed by atoms with E-state index < -0.39 is 16.0 Å². The molecule has 2 aliphatic heterocycles. The zero-order valence-electron chi connectivity index (χ0n) is 14.1. The molecule has 1 fully saturated rings. The van der Waals surface area contributed by atoms with Crippen LogP contribution in [0.5, 0.6) is 0 Å². The number of carbonyl (C=O) groups is 2. The molecule has 1 unspecified atom stereocenters. The number of likely N-dealkylation sites (tertiary alicyclic amines) is 1. The van der Waals surface area contributed by atoms with E-state index in [4.69, 9.17) is 5.11 Å². The number of carboxylic acid groups (broad SMARTS) is 1. The Morgan fingerprint density at radius 3 is 2.68 bits per heavy atom. The zero-order valence-corrected chi connectivity index (χ0v) is 15.0. The number of sulfonamides is 1. The van der Waals surface area contributed by atoms with Gasteiger partial charge in [-0.25, -0.2) is 8.42 Å². The van der Waals surface area contributed by atoms with Crippen LogP contribution in [0.2, 0.25) is 0 Å². The number of aryl methyl sites for hydroxylation is 1. The highest BCUT2D eigenvalue weighted by Gasteiger charge is 2.32. The number of fused-ring (bicyclic) bond motifs is 1. The first-order valence-electron chi connectivity index (χ1n) is 8.41. The summed E-state index contributed by atoms with van der Waals surface area (Å²) in [5.74, 6) is -1.08. The highest BCUT2D eigenvalue weighted by Crippen LogP contribution is 2.31. The molecular weight excluding hydrogens is 344 g/mol. The van der Waals surface area contributed by atoms with Crippen LogP contribution in [0.25, 0.3) is 0 Å². The minimum absolute atomic E-state index is 0.0431. The summed E-state index contributed by atoms with van der Waals surface area (Å²) in [6.07, 6.45) is 4.08. The quantitative estimate of drug-likeness (QED) is 0.871. The van der Waals surface area contributed by atoms with E-state index in [2.05, 4.69) is 0 Å². The van der Waals surface area contributed by atoms with Crippen molar-refractivity contribution in [1.82, 2.24) is 4.90 Å². The number of aliphatic carboxylic acids is 1.